The average molecular weight is 181 g/mol. The van der Waals surface area contributed by atoms with Gasteiger partial charge in [0, 0.05) is 0 Å². The average Bonchev–Trinajstić information content (AvgIpc) is 2.09. The number of ketones is 1. The van der Waals surface area contributed by atoms with Crippen LogP contribution in [-0.2, 0) is 0 Å². The van der Waals surface area contributed by atoms with Gasteiger partial charge in [-0.05, 0) is 19.1 Å². The molecule has 0 saturated heterocycles. The Labute approximate surface area is 73.4 Å². The highest BCUT2D eigenvalue weighted by molar-refractivity contribution is 5.94. The molecular weight excluding hydrogens is 176 g/mol. The number of Topliss-reactive ketones (excluding diaryl/α,β-unsaturated/α-hetero) is 1. The van der Waals surface area contributed by atoms with E-state index in [1.165, 1.54) is 6.07 Å². The summed E-state index contributed by atoms with van der Waals surface area (Å²) < 4.78 is 25.8. The van der Waals surface area contributed by atoms with E-state index in [0.29, 0.717) is 0 Å². The summed E-state index contributed by atoms with van der Waals surface area (Å²) in [5.74, 6) is -3.09. The van der Waals surface area contributed by atoms with Gasteiger partial charge in [-0.2, -0.15) is 5.26 Å². The zero-order chi connectivity index (χ0) is 10.0. The van der Waals surface area contributed by atoms with E-state index in [2.05, 4.69) is 0 Å². The highest BCUT2D eigenvalue weighted by Crippen LogP contribution is 2.15. The number of hydrogen-bond donors (Lipinski definition) is 0. The number of carbonyl (C=O) groups is 1. The van der Waals surface area contributed by atoms with Gasteiger partial charge in [-0.25, -0.2) is 8.78 Å². The Kier molecular flexibility index (Phi) is 2.38. The lowest BCUT2D eigenvalue weighted by molar-refractivity contribution is 0.101. The lowest BCUT2D eigenvalue weighted by atomic mass is 10.1. The molecule has 1 aromatic carbocycles. The topological polar surface area (TPSA) is 40.9 Å². The summed E-state index contributed by atoms with van der Waals surface area (Å²) in [4.78, 5) is 10.7. The normalized spacial score (nSPS) is 9.38. The molecule has 66 valence electrons. The molecule has 0 fully saturated rings. The molecule has 2 nitrogen and oxygen atoms in total. The SMILES string of the molecule is CC(=O)c1ccc(C#N)c(F)c1F. The highest BCUT2D eigenvalue weighted by Gasteiger charge is 2.15. The molecule has 0 unspecified atom stereocenters. The maximum absolute atomic E-state index is 13.0. The monoisotopic (exact) mass is 181 g/mol. The first-order valence-corrected chi connectivity index (χ1v) is 3.47. The number of rotatable bonds is 1. The number of carbonyl (C=O) groups excluding carboxylic acids is 1. The van der Waals surface area contributed by atoms with Crippen molar-refractivity contribution in [3.63, 3.8) is 0 Å². The van der Waals surface area contributed by atoms with E-state index in [1.54, 1.807) is 0 Å². The first kappa shape index (κ1) is 9.33. The van der Waals surface area contributed by atoms with Gasteiger partial charge in [-0.15, -0.1) is 0 Å². The van der Waals surface area contributed by atoms with Gasteiger partial charge >= 0.3 is 0 Å². The lowest BCUT2D eigenvalue weighted by Gasteiger charge is -1.99. The lowest BCUT2D eigenvalue weighted by Crippen LogP contribution is -2.01. The number of benzene rings is 1. The summed E-state index contributed by atoms with van der Waals surface area (Å²) in [5.41, 5.74) is -0.737. The van der Waals surface area contributed by atoms with Gasteiger partial charge in [-0.3, -0.25) is 4.79 Å². The molecule has 0 radical (unpaired) electrons. The van der Waals surface area contributed by atoms with Crippen molar-refractivity contribution < 1.29 is 13.6 Å². The van der Waals surface area contributed by atoms with Crippen LogP contribution in [0.3, 0.4) is 0 Å². The van der Waals surface area contributed by atoms with Crippen molar-refractivity contribution >= 4 is 5.78 Å². The third-order valence-electron chi connectivity index (χ3n) is 1.58. The molecule has 0 heterocycles. The minimum absolute atomic E-state index is 0.337. The van der Waals surface area contributed by atoms with E-state index in [9.17, 15) is 13.6 Å². The molecule has 1 rings (SSSR count). The van der Waals surface area contributed by atoms with Gasteiger partial charge in [-0.1, -0.05) is 0 Å². The number of nitrogens with zero attached hydrogens (tertiary/aromatic N) is 1. The molecule has 0 atom stereocenters. The van der Waals surface area contributed by atoms with E-state index < -0.39 is 23.0 Å². The van der Waals surface area contributed by atoms with Crippen molar-refractivity contribution in [2.45, 2.75) is 6.92 Å². The second kappa shape index (κ2) is 3.31. The molecule has 13 heavy (non-hydrogen) atoms. The minimum Gasteiger partial charge on any atom is -0.294 e. The van der Waals surface area contributed by atoms with Crippen molar-refractivity contribution in [1.29, 1.82) is 5.26 Å². The first-order chi connectivity index (χ1) is 6.07. The van der Waals surface area contributed by atoms with Crippen LogP contribution in [0.15, 0.2) is 12.1 Å². The van der Waals surface area contributed by atoms with Gasteiger partial charge in [0.25, 0.3) is 0 Å². The van der Waals surface area contributed by atoms with E-state index in [0.717, 1.165) is 19.1 Å². The predicted molar refractivity (Wildman–Crippen MR) is 41.1 cm³/mol. The predicted octanol–water partition coefficient (Wildman–Crippen LogP) is 2.04. The number of halogens is 2. The molecule has 0 aromatic heterocycles. The van der Waals surface area contributed by atoms with Crippen LogP contribution in [-0.4, -0.2) is 5.78 Å². The van der Waals surface area contributed by atoms with Crippen LogP contribution < -0.4 is 0 Å². The van der Waals surface area contributed by atoms with Gasteiger partial charge in [0.15, 0.2) is 17.4 Å². The molecule has 0 aliphatic rings. The van der Waals surface area contributed by atoms with Crippen molar-refractivity contribution in [2.24, 2.45) is 0 Å². The Balaban J connectivity index is 3.42. The standard InChI is InChI=1S/C9H5F2NO/c1-5(13)7-3-2-6(4-12)8(10)9(7)11/h2-3H,1H3. The van der Waals surface area contributed by atoms with E-state index in [1.807, 2.05) is 0 Å². The summed E-state index contributed by atoms with van der Waals surface area (Å²) in [7, 11) is 0. The Bertz CT molecular complexity index is 407. The van der Waals surface area contributed by atoms with Crippen LogP contribution in [0.2, 0.25) is 0 Å². The van der Waals surface area contributed by atoms with E-state index in [-0.39, 0.29) is 5.56 Å². The molecular formula is C9H5F2NO. The Morgan fingerprint density at radius 3 is 2.46 bits per heavy atom. The summed E-state index contributed by atoms with van der Waals surface area (Å²) in [6, 6.07) is 3.65. The smallest absolute Gasteiger partial charge is 0.177 e. The Morgan fingerprint density at radius 2 is 2.00 bits per heavy atom. The van der Waals surface area contributed by atoms with Crippen LogP contribution >= 0.6 is 0 Å². The van der Waals surface area contributed by atoms with Crippen molar-refractivity contribution in [2.75, 3.05) is 0 Å². The van der Waals surface area contributed by atoms with Gasteiger partial charge in [0.05, 0.1) is 11.1 Å². The number of hydrogen-bond acceptors (Lipinski definition) is 2. The summed E-state index contributed by atoms with van der Waals surface area (Å²) in [6.45, 7) is 1.13. The molecule has 0 aliphatic carbocycles. The maximum Gasteiger partial charge on any atom is 0.177 e. The largest absolute Gasteiger partial charge is 0.294 e. The Hall–Kier alpha value is -1.76. The van der Waals surface area contributed by atoms with Crippen molar-refractivity contribution in [1.82, 2.24) is 0 Å². The molecule has 0 N–H and O–H groups in total. The van der Waals surface area contributed by atoms with E-state index >= 15 is 0 Å². The zero-order valence-electron chi connectivity index (χ0n) is 6.77. The van der Waals surface area contributed by atoms with Crippen LogP contribution in [0, 0.1) is 23.0 Å². The fourth-order valence-corrected chi connectivity index (χ4v) is 0.908. The minimum atomic E-state index is -1.27. The van der Waals surface area contributed by atoms with E-state index in [4.69, 9.17) is 5.26 Å². The molecule has 0 aliphatic heterocycles. The van der Waals surface area contributed by atoms with Crippen molar-refractivity contribution in [3.8, 4) is 6.07 Å². The number of nitriles is 1. The maximum atomic E-state index is 13.0. The first-order valence-electron chi connectivity index (χ1n) is 3.47. The second-order valence-corrected chi connectivity index (χ2v) is 2.46. The quantitative estimate of drug-likeness (QED) is 0.622. The molecule has 0 spiro atoms. The van der Waals surface area contributed by atoms with Gasteiger partial charge in [0.2, 0.25) is 0 Å². The highest BCUT2D eigenvalue weighted by atomic mass is 19.2. The summed E-state index contributed by atoms with van der Waals surface area (Å²) >= 11 is 0. The van der Waals surface area contributed by atoms with Crippen LogP contribution in [0.5, 0.6) is 0 Å². The van der Waals surface area contributed by atoms with Gasteiger partial charge in [0.1, 0.15) is 6.07 Å². The Morgan fingerprint density at radius 1 is 1.38 bits per heavy atom. The third-order valence-corrected chi connectivity index (χ3v) is 1.58. The van der Waals surface area contributed by atoms with Crippen molar-refractivity contribution in [3.05, 3.63) is 34.9 Å². The molecule has 0 amide bonds. The summed E-state index contributed by atoms with van der Waals surface area (Å²) in [5, 5.41) is 8.33. The second-order valence-electron chi connectivity index (χ2n) is 2.46. The van der Waals surface area contributed by atoms with Crippen LogP contribution in [0.4, 0.5) is 8.78 Å². The molecule has 4 heteroatoms. The van der Waals surface area contributed by atoms with Gasteiger partial charge < -0.3 is 0 Å². The third kappa shape index (κ3) is 1.54. The zero-order valence-corrected chi connectivity index (χ0v) is 6.77. The molecule has 0 bridgehead atoms. The summed E-state index contributed by atoms with van der Waals surface area (Å²) in [6.07, 6.45) is 0. The fraction of sp³-hybridized carbons (Fsp3) is 0.111. The van der Waals surface area contributed by atoms with Crippen LogP contribution in [0.1, 0.15) is 22.8 Å². The molecule has 1 aromatic rings. The fourth-order valence-electron chi connectivity index (χ4n) is 0.908. The van der Waals surface area contributed by atoms with Crippen LogP contribution in [0.25, 0.3) is 0 Å². The molecule has 0 saturated carbocycles.